The molecule has 32 heavy (non-hydrogen) atoms. The van der Waals surface area contributed by atoms with Crippen LogP contribution in [-0.4, -0.2) is 61.0 Å². The summed E-state index contributed by atoms with van der Waals surface area (Å²) in [5.41, 5.74) is 3.23. The van der Waals surface area contributed by atoms with Gasteiger partial charge in [-0.15, -0.1) is 0 Å². The van der Waals surface area contributed by atoms with Gasteiger partial charge in [-0.25, -0.2) is 0 Å². The minimum absolute atomic E-state index is 0.106. The Labute approximate surface area is 186 Å². The van der Waals surface area contributed by atoms with Gasteiger partial charge >= 0.3 is 0 Å². The van der Waals surface area contributed by atoms with Gasteiger partial charge in [-0.05, 0) is 30.2 Å². The molecule has 1 aromatic heterocycles. The minimum Gasteiger partial charge on any atom is -0.507 e. The summed E-state index contributed by atoms with van der Waals surface area (Å²) in [6.45, 7) is 0.820. The summed E-state index contributed by atoms with van der Waals surface area (Å²) < 4.78 is 5.13. The molecule has 1 aliphatic rings. The maximum absolute atomic E-state index is 13.1. The highest BCUT2D eigenvalue weighted by Crippen LogP contribution is 2.40. The van der Waals surface area contributed by atoms with Crippen LogP contribution in [0.1, 0.15) is 23.6 Å². The molecule has 0 bridgehead atoms. The molecule has 1 aliphatic heterocycles. The molecule has 7 nitrogen and oxygen atoms in total. The van der Waals surface area contributed by atoms with Crippen LogP contribution in [-0.2, 0) is 14.3 Å². The fourth-order valence-electron chi connectivity index (χ4n) is 4.20. The van der Waals surface area contributed by atoms with Crippen molar-refractivity contribution in [2.75, 3.05) is 39.3 Å². The molecule has 3 aromatic rings. The van der Waals surface area contributed by atoms with Crippen LogP contribution in [0.15, 0.2) is 60.3 Å². The summed E-state index contributed by atoms with van der Waals surface area (Å²) in [7, 11) is 5.49. The third kappa shape index (κ3) is 3.76. The van der Waals surface area contributed by atoms with Crippen LogP contribution in [0.25, 0.3) is 16.7 Å². The lowest BCUT2D eigenvalue weighted by atomic mass is 9.95. The van der Waals surface area contributed by atoms with Crippen LogP contribution in [0, 0.1) is 0 Å². The second-order valence-corrected chi connectivity index (χ2v) is 8.07. The predicted octanol–water partition coefficient (Wildman–Crippen LogP) is 3.69. The normalized spacial score (nSPS) is 18.0. The molecule has 166 valence electrons. The average molecular weight is 434 g/mol. The number of H-pyrrole nitrogens is 1. The van der Waals surface area contributed by atoms with Crippen molar-refractivity contribution < 1.29 is 19.4 Å². The number of carbonyl (C=O) groups is 2. The Morgan fingerprint density at radius 3 is 2.53 bits per heavy atom. The number of methoxy groups -OCH3 is 1. The molecule has 1 amide bonds. The molecule has 1 fully saturated rings. The molecule has 0 radical (unpaired) electrons. The number of ether oxygens (including phenoxy) is 1. The zero-order chi connectivity index (χ0) is 22.8. The van der Waals surface area contributed by atoms with Crippen molar-refractivity contribution in [2.45, 2.75) is 12.5 Å². The standard InChI is InChI=1S/C25H27N3O4/c1-27(2)17-11-9-16(10-12-17)22-21(24(30)25(31)28(22)13-6-14-32-3)23(29)19-15-26-20-8-5-4-7-18(19)20/h4-5,7-12,15,22,26,29H,6,13-14H2,1-3H3/b23-21-. The number of ketones is 1. The first kappa shape index (κ1) is 21.6. The van der Waals surface area contributed by atoms with E-state index in [0.717, 1.165) is 22.2 Å². The molecule has 4 rings (SSSR count). The van der Waals surface area contributed by atoms with E-state index in [1.807, 2.05) is 67.5 Å². The Hall–Kier alpha value is -3.58. The summed E-state index contributed by atoms with van der Waals surface area (Å²) in [4.78, 5) is 32.7. The Morgan fingerprint density at radius 2 is 1.84 bits per heavy atom. The van der Waals surface area contributed by atoms with E-state index in [1.165, 1.54) is 4.90 Å². The van der Waals surface area contributed by atoms with Crippen molar-refractivity contribution in [3.8, 4) is 0 Å². The number of nitrogens with one attached hydrogen (secondary N) is 1. The molecule has 1 unspecified atom stereocenters. The van der Waals surface area contributed by atoms with Gasteiger partial charge in [0.1, 0.15) is 5.76 Å². The molecule has 0 saturated carbocycles. The fraction of sp³-hybridized carbons (Fsp3) is 0.280. The lowest BCUT2D eigenvalue weighted by Crippen LogP contribution is -2.31. The van der Waals surface area contributed by atoms with E-state index < -0.39 is 17.7 Å². The number of amides is 1. The summed E-state index contributed by atoms with van der Waals surface area (Å²) >= 11 is 0. The predicted molar refractivity (Wildman–Crippen MR) is 125 cm³/mol. The number of carbonyl (C=O) groups excluding carboxylic acids is 2. The van der Waals surface area contributed by atoms with Crippen molar-refractivity contribution in [1.82, 2.24) is 9.88 Å². The van der Waals surface area contributed by atoms with Crippen molar-refractivity contribution in [3.63, 3.8) is 0 Å². The average Bonchev–Trinajstić information content (AvgIpc) is 3.33. The van der Waals surface area contributed by atoms with Gasteiger partial charge in [0.25, 0.3) is 11.7 Å². The van der Waals surface area contributed by atoms with Crippen molar-refractivity contribution in [1.29, 1.82) is 0 Å². The Kier molecular flexibility index (Phi) is 6.01. The van der Waals surface area contributed by atoms with Crippen molar-refractivity contribution >= 4 is 34.0 Å². The van der Waals surface area contributed by atoms with Gasteiger partial charge in [0, 0.05) is 62.7 Å². The Morgan fingerprint density at radius 1 is 1.12 bits per heavy atom. The highest BCUT2D eigenvalue weighted by Gasteiger charge is 2.46. The van der Waals surface area contributed by atoms with Gasteiger partial charge in [-0.3, -0.25) is 9.59 Å². The molecule has 1 atom stereocenters. The highest BCUT2D eigenvalue weighted by molar-refractivity contribution is 6.46. The first-order chi connectivity index (χ1) is 15.4. The van der Waals surface area contributed by atoms with E-state index in [0.29, 0.717) is 25.1 Å². The largest absolute Gasteiger partial charge is 0.507 e. The number of likely N-dealkylation sites (tertiary alicyclic amines) is 1. The minimum atomic E-state index is -0.674. The molecular weight excluding hydrogens is 406 g/mol. The second-order valence-electron chi connectivity index (χ2n) is 8.07. The van der Waals surface area contributed by atoms with Crippen molar-refractivity contribution in [2.24, 2.45) is 0 Å². The lowest BCUT2D eigenvalue weighted by Gasteiger charge is -2.25. The van der Waals surface area contributed by atoms with E-state index in [-0.39, 0.29) is 11.3 Å². The number of nitrogens with zero attached hydrogens (tertiary/aromatic N) is 2. The number of rotatable bonds is 7. The zero-order valence-electron chi connectivity index (χ0n) is 18.5. The van der Waals surface area contributed by atoms with Gasteiger partial charge in [-0.1, -0.05) is 30.3 Å². The van der Waals surface area contributed by atoms with E-state index in [9.17, 15) is 14.7 Å². The molecule has 0 aliphatic carbocycles. The molecule has 2 heterocycles. The van der Waals surface area contributed by atoms with Gasteiger partial charge < -0.3 is 24.6 Å². The first-order valence-electron chi connectivity index (χ1n) is 10.5. The highest BCUT2D eigenvalue weighted by atomic mass is 16.5. The zero-order valence-corrected chi connectivity index (χ0v) is 18.5. The smallest absolute Gasteiger partial charge is 0.295 e. The summed E-state index contributed by atoms with van der Waals surface area (Å²) in [6.07, 6.45) is 2.26. The Balaban J connectivity index is 1.85. The SMILES string of the molecule is COCCCN1C(=O)C(=O)/C(=C(\O)c2c[nH]c3ccccc23)C1c1ccc(N(C)C)cc1. The van der Waals surface area contributed by atoms with Crippen molar-refractivity contribution in [3.05, 3.63) is 71.4 Å². The number of aromatic nitrogens is 1. The van der Waals surface area contributed by atoms with Crippen LogP contribution >= 0.6 is 0 Å². The fourth-order valence-corrected chi connectivity index (χ4v) is 4.20. The van der Waals surface area contributed by atoms with Crippen LogP contribution < -0.4 is 4.90 Å². The molecule has 0 spiro atoms. The number of hydrogen-bond donors (Lipinski definition) is 2. The number of Topliss-reactive ketones (excluding diaryl/α,β-unsaturated/α-hetero) is 1. The van der Waals surface area contributed by atoms with Gasteiger partial charge in [-0.2, -0.15) is 0 Å². The number of benzene rings is 2. The number of aromatic amines is 1. The maximum atomic E-state index is 13.1. The van der Waals surface area contributed by atoms with Gasteiger partial charge in [0.2, 0.25) is 0 Å². The topological polar surface area (TPSA) is 85.9 Å². The molecular formula is C25H27N3O4. The Bertz CT molecular complexity index is 1180. The van der Waals surface area contributed by atoms with Crippen LogP contribution in [0.3, 0.4) is 0 Å². The maximum Gasteiger partial charge on any atom is 0.295 e. The molecule has 2 aromatic carbocycles. The monoisotopic (exact) mass is 433 g/mol. The van der Waals surface area contributed by atoms with Crippen LogP contribution in [0.5, 0.6) is 0 Å². The van der Waals surface area contributed by atoms with Crippen LogP contribution in [0.4, 0.5) is 5.69 Å². The molecule has 7 heteroatoms. The number of fused-ring (bicyclic) bond motifs is 1. The summed E-state index contributed by atoms with van der Waals surface area (Å²) in [5, 5.41) is 12.1. The third-order valence-electron chi connectivity index (χ3n) is 5.86. The van der Waals surface area contributed by atoms with E-state index in [1.54, 1.807) is 13.3 Å². The van der Waals surface area contributed by atoms with E-state index in [4.69, 9.17) is 4.74 Å². The second kappa shape index (κ2) is 8.88. The summed E-state index contributed by atoms with van der Waals surface area (Å²) in [5.74, 6) is -1.45. The van der Waals surface area contributed by atoms with Crippen LogP contribution in [0.2, 0.25) is 0 Å². The van der Waals surface area contributed by atoms with Gasteiger partial charge in [0.15, 0.2) is 0 Å². The number of hydrogen-bond acceptors (Lipinski definition) is 5. The number of anilines is 1. The lowest BCUT2D eigenvalue weighted by molar-refractivity contribution is -0.140. The third-order valence-corrected chi connectivity index (χ3v) is 5.86. The number of aliphatic hydroxyl groups excluding tert-OH is 1. The number of aliphatic hydroxyl groups is 1. The van der Waals surface area contributed by atoms with E-state index in [2.05, 4.69) is 4.98 Å². The first-order valence-corrected chi connectivity index (χ1v) is 10.5. The van der Waals surface area contributed by atoms with Gasteiger partial charge in [0.05, 0.1) is 11.6 Å². The molecule has 2 N–H and O–H groups in total. The number of para-hydroxylation sites is 1. The molecule has 1 saturated heterocycles. The summed E-state index contributed by atoms with van der Waals surface area (Å²) in [6, 6.07) is 14.5. The quantitative estimate of drug-likeness (QED) is 0.257. The van der Waals surface area contributed by atoms with E-state index >= 15 is 0 Å².